The molecule has 0 radical (unpaired) electrons. The largest absolute Gasteiger partial charge is 0.373 e. The van der Waals surface area contributed by atoms with Gasteiger partial charge in [0.2, 0.25) is 0 Å². The summed E-state index contributed by atoms with van der Waals surface area (Å²) >= 11 is 0. The molecule has 4 heterocycles. The summed E-state index contributed by atoms with van der Waals surface area (Å²) in [5.41, 5.74) is 3.57. The highest BCUT2D eigenvalue weighted by atomic mass is 16.6. The van der Waals surface area contributed by atoms with E-state index in [1.165, 1.54) is 0 Å². The summed E-state index contributed by atoms with van der Waals surface area (Å²) in [5.74, 6) is 0.709. The van der Waals surface area contributed by atoms with E-state index in [2.05, 4.69) is 10.3 Å². The third kappa shape index (κ3) is 4.81. The van der Waals surface area contributed by atoms with Gasteiger partial charge in [-0.3, -0.25) is 4.79 Å². The molecule has 3 aliphatic heterocycles. The Morgan fingerprint density at radius 1 is 1.18 bits per heavy atom. The number of anilines is 3. The fraction of sp³-hybridized carbons (Fsp3) is 0.538. The molecule has 8 nitrogen and oxygen atoms in total. The average molecular weight is 468 g/mol. The van der Waals surface area contributed by atoms with Crippen molar-refractivity contribution in [3.05, 3.63) is 47.7 Å². The van der Waals surface area contributed by atoms with E-state index in [9.17, 15) is 4.79 Å². The molecule has 1 aromatic carbocycles. The molecule has 4 atom stereocenters. The van der Waals surface area contributed by atoms with E-state index in [4.69, 9.17) is 18.9 Å². The Balaban J connectivity index is 1.45. The number of carbonyl (C=O) groups excluding carboxylic acids is 1. The third-order valence-electron chi connectivity index (χ3n) is 6.54. The first kappa shape index (κ1) is 23.2. The quantitative estimate of drug-likeness (QED) is 0.724. The molecule has 34 heavy (non-hydrogen) atoms. The van der Waals surface area contributed by atoms with Crippen LogP contribution in [0.15, 0.2) is 36.5 Å². The Labute approximate surface area is 200 Å². The number of benzene rings is 1. The first-order chi connectivity index (χ1) is 16.5. The van der Waals surface area contributed by atoms with Gasteiger partial charge in [0.15, 0.2) is 0 Å². The normalized spacial score (nSPS) is 26.9. The first-order valence-electron chi connectivity index (χ1n) is 12.2. The molecule has 3 unspecified atom stereocenters. The molecule has 0 aliphatic carbocycles. The highest BCUT2D eigenvalue weighted by molar-refractivity contribution is 6.01. The van der Waals surface area contributed by atoms with Crippen LogP contribution in [-0.2, 0) is 30.3 Å². The Morgan fingerprint density at radius 2 is 2.03 bits per heavy atom. The van der Waals surface area contributed by atoms with Gasteiger partial charge in [0.1, 0.15) is 18.0 Å². The van der Waals surface area contributed by atoms with E-state index in [-0.39, 0.29) is 30.3 Å². The highest BCUT2D eigenvalue weighted by Crippen LogP contribution is 2.39. The number of aromatic nitrogens is 1. The van der Waals surface area contributed by atoms with Crippen molar-refractivity contribution >= 4 is 23.1 Å². The Morgan fingerprint density at radius 3 is 2.79 bits per heavy atom. The maximum atomic E-state index is 13.8. The Kier molecular flexibility index (Phi) is 6.83. The molecule has 0 saturated carbocycles. The standard InChI is InChI=1S/C26H33N3O5/c1-16(2)34-20-7-9-23(33-15-20)26(30)29-14-19-5-4-10-27-25(19)28-21-8-6-18(13-22(21)29)24-17(3)31-11-12-32-24/h4-6,8,10,13,16-17,20,23-24H,7,9,11-12,14-15H2,1-3H3,(H,27,28)/t17?,20?,23-,24?/m1/s1. The summed E-state index contributed by atoms with van der Waals surface area (Å²) in [6.45, 7) is 8.04. The fourth-order valence-electron chi connectivity index (χ4n) is 4.90. The monoisotopic (exact) mass is 467 g/mol. The number of nitrogens with one attached hydrogen (secondary N) is 1. The molecule has 8 heteroatoms. The summed E-state index contributed by atoms with van der Waals surface area (Å²) in [6, 6.07) is 9.95. The second-order valence-corrected chi connectivity index (χ2v) is 9.41. The van der Waals surface area contributed by atoms with Crippen molar-refractivity contribution in [1.82, 2.24) is 4.98 Å². The lowest BCUT2D eigenvalue weighted by Crippen LogP contribution is -2.44. The molecule has 5 rings (SSSR count). The van der Waals surface area contributed by atoms with Crippen LogP contribution in [0.25, 0.3) is 0 Å². The van der Waals surface area contributed by atoms with Crippen molar-refractivity contribution in [1.29, 1.82) is 0 Å². The van der Waals surface area contributed by atoms with E-state index in [1.807, 2.05) is 56.0 Å². The molecule has 0 spiro atoms. The predicted octanol–water partition coefficient (Wildman–Crippen LogP) is 4.12. The second-order valence-electron chi connectivity index (χ2n) is 9.41. The van der Waals surface area contributed by atoms with E-state index in [0.717, 1.165) is 34.7 Å². The number of ether oxygens (including phenoxy) is 4. The van der Waals surface area contributed by atoms with Crippen molar-refractivity contribution in [3.8, 4) is 0 Å². The summed E-state index contributed by atoms with van der Waals surface area (Å²) < 4.78 is 23.7. The van der Waals surface area contributed by atoms with Crippen LogP contribution in [0, 0.1) is 0 Å². The van der Waals surface area contributed by atoms with Gasteiger partial charge in [-0.1, -0.05) is 12.1 Å². The number of hydrogen-bond acceptors (Lipinski definition) is 7. The van der Waals surface area contributed by atoms with Gasteiger partial charge in [-0.25, -0.2) is 4.98 Å². The summed E-state index contributed by atoms with van der Waals surface area (Å²) in [5, 5.41) is 3.42. The highest BCUT2D eigenvalue weighted by Gasteiger charge is 2.35. The Bertz CT molecular complexity index is 1020. The summed E-state index contributed by atoms with van der Waals surface area (Å²) in [7, 11) is 0. The van der Waals surface area contributed by atoms with Crippen molar-refractivity contribution in [2.45, 2.75) is 70.7 Å². The molecular formula is C26H33N3O5. The van der Waals surface area contributed by atoms with Crippen LogP contribution in [0.2, 0.25) is 0 Å². The van der Waals surface area contributed by atoms with E-state index in [0.29, 0.717) is 32.8 Å². The predicted molar refractivity (Wildman–Crippen MR) is 128 cm³/mol. The van der Waals surface area contributed by atoms with Gasteiger partial charge in [0, 0.05) is 11.8 Å². The van der Waals surface area contributed by atoms with Crippen LogP contribution >= 0.6 is 0 Å². The Hall–Kier alpha value is -2.52. The maximum Gasteiger partial charge on any atom is 0.256 e. The lowest BCUT2D eigenvalue weighted by molar-refractivity contribution is -0.143. The SMILES string of the molecule is CC(C)OC1CC[C@H](C(=O)N2Cc3cccnc3Nc3ccc(C4OCCOC4C)cc32)OC1. The topological polar surface area (TPSA) is 82.2 Å². The van der Waals surface area contributed by atoms with Crippen LogP contribution < -0.4 is 10.2 Å². The van der Waals surface area contributed by atoms with Crippen LogP contribution in [0.4, 0.5) is 17.2 Å². The van der Waals surface area contributed by atoms with Crippen LogP contribution in [0.5, 0.6) is 0 Å². The average Bonchev–Trinajstić information content (AvgIpc) is 3.00. The fourth-order valence-corrected chi connectivity index (χ4v) is 4.90. The van der Waals surface area contributed by atoms with Crippen LogP contribution in [0.3, 0.4) is 0 Å². The van der Waals surface area contributed by atoms with Crippen molar-refractivity contribution in [2.75, 3.05) is 30.0 Å². The zero-order chi connectivity index (χ0) is 23.7. The number of rotatable bonds is 4. The lowest BCUT2D eigenvalue weighted by atomic mass is 10.0. The van der Waals surface area contributed by atoms with Crippen LogP contribution in [0.1, 0.15) is 50.8 Å². The number of hydrogen-bond donors (Lipinski definition) is 1. The molecule has 2 aromatic rings. The summed E-state index contributed by atoms with van der Waals surface area (Å²) in [4.78, 5) is 20.1. The van der Waals surface area contributed by atoms with Gasteiger partial charge < -0.3 is 29.2 Å². The number of pyridine rings is 1. The second kappa shape index (κ2) is 10.00. The molecule has 1 aromatic heterocycles. The van der Waals surface area contributed by atoms with Crippen molar-refractivity contribution < 1.29 is 23.7 Å². The minimum Gasteiger partial charge on any atom is -0.373 e. The number of amides is 1. The van der Waals surface area contributed by atoms with Gasteiger partial charge >= 0.3 is 0 Å². The zero-order valence-electron chi connectivity index (χ0n) is 20.0. The minimum absolute atomic E-state index is 0.0311. The molecule has 0 bridgehead atoms. The number of fused-ring (bicyclic) bond motifs is 2. The van der Waals surface area contributed by atoms with E-state index < -0.39 is 6.10 Å². The third-order valence-corrected chi connectivity index (χ3v) is 6.54. The smallest absolute Gasteiger partial charge is 0.256 e. The van der Waals surface area contributed by atoms with Gasteiger partial charge in [0.25, 0.3) is 5.91 Å². The van der Waals surface area contributed by atoms with Gasteiger partial charge in [-0.15, -0.1) is 0 Å². The molecule has 2 saturated heterocycles. The van der Waals surface area contributed by atoms with Crippen molar-refractivity contribution in [2.24, 2.45) is 0 Å². The number of nitrogens with zero attached hydrogens (tertiary/aromatic N) is 2. The molecule has 3 aliphatic rings. The van der Waals surface area contributed by atoms with Crippen molar-refractivity contribution in [3.63, 3.8) is 0 Å². The van der Waals surface area contributed by atoms with E-state index in [1.54, 1.807) is 6.20 Å². The molecule has 182 valence electrons. The van der Waals surface area contributed by atoms with E-state index >= 15 is 0 Å². The molecule has 2 fully saturated rings. The van der Waals surface area contributed by atoms with Gasteiger partial charge in [-0.2, -0.15) is 0 Å². The molecular weight excluding hydrogens is 434 g/mol. The zero-order valence-corrected chi connectivity index (χ0v) is 20.0. The maximum absolute atomic E-state index is 13.8. The van der Waals surface area contributed by atoms with Gasteiger partial charge in [0.05, 0.1) is 56.1 Å². The number of carbonyl (C=O) groups is 1. The first-order valence-corrected chi connectivity index (χ1v) is 12.2. The molecule has 1 N–H and O–H groups in total. The van der Waals surface area contributed by atoms with Gasteiger partial charge in [-0.05, 0) is 57.4 Å². The lowest BCUT2D eigenvalue weighted by Gasteiger charge is -2.34. The molecule has 1 amide bonds. The minimum atomic E-state index is -0.505. The summed E-state index contributed by atoms with van der Waals surface area (Å²) in [6.07, 6.45) is 2.61. The van der Waals surface area contributed by atoms with Crippen LogP contribution in [-0.4, -0.2) is 55.1 Å².